The fourth-order valence-electron chi connectivity index (χ4n) is 2.25. The van der Waals surface area contributed by atoms with Gasteiger partial charge in [-0.2, -0.15) is 0 Å². The van der Waals surface area contributed by atoms with Gasteiger partial charge in [-0.05, 0) is 31.0 Å². The van der Waals surface area contributed by atoms with E-state index in [1.807, 2.05) is 30.0 Å². The molecule has 98 valence electrons. The minimum Gasteiger partial charge on any atom is -0.482 e. The van der Waals surface area contributed by atoms with Gasteiger partial charge in [0.2, 0.25) is 0 Å². The lowest BCUT2D eigenvalue weighted by molar-refractivity contribution is -0.121. The number of nitrogens with zero attached hydrogens (tertiary/aromatic N) is 1. The molecule has 0 radical (unpaired) electrons. The van der Waals surface area contributed by atoms with Crippen LogP contribution in [0.3, 0.4) is 0 Å². The van der Waals surface area contributed by atoms with E-state index in [1.165, 1.54) is 19.3 Å². The Balaban J connectivity index is 2.09. The van der Waals surface area contributed by atoms with Gasteiger partial charge in [0.25, 0.3) is 5.91 Å². The van der Waals surface area contributed by atoms with E-state index in [4.69, 9.17) is 4.74 Å². The molecule has 2 rings (SSSR count). The van der Waals surface area contributed by atoms with E-state index < -0.39 is 0 Å². The molecule has 3 heteroatoms. The third kappa shape index (κ3) is 2.84. The fourth-order valence-corrected chi connectivity index (χ4v) is 2.25. The lowest BCUT2D eigenvalue weighted by Crippen LogP contribution is -2.39. The minimum atomic E-state index is 0.0737. The zero-order chi connectivity index (χ0) is 13.0. The summed E-state index contributed by atoms with van der Waals surface area (Å²) in [5.41, 5.74) is 2.09. The van der Waals surface area contributed by atoms with Gasteiger partial charge in [-0.15, -0.1) is 0 Å². The lowest BCUT2D eigenvalue weighted by atomic mass is 10.1. The summed E-state index contributed by atoms with van der Waals surface area (Å²) in [7, 11) is 0. The number of amides is 1. The number of unbranched alkanes of at least 4 members (excludes halogenated alkanes) is 3. The molecule has 1 heterocycles. The van der Waals surface area contributed by atoms with Gasteiger partial charge in [0, 0.05) is 6.54 Å². The monoisotopic (exact) mass is 247 g/mol. The molecule has 1 aliphatic heterocycles. The van der Waals surface area contributed by atoms with Gasteiger partial charge in [0.1, 0.15) is 5.75 Å². The van der Waals surface area contributed by atoms with Gasteiger partial charge in [-0.3, -0.25) is 4.79 Å². The Labute approximate surface area is 109 Å². The van der Waals surface area contributed by atoms with Gasteiger partial charge >= 0.3 is 0 Å². The second kappa shape index (κ2) is 5.89. The molecular formula is C15H21NO2. The maximum absolute atomic E-state index is 11.9. The number of rotatable bonds is 5. The first kappa shape index (κ1) is 12.9. The molecule has 0 aliphatic carbocycles. The average molecular weight is 247 g/mol. The zero-order valence-corrected chi connectivity index (χ0v) is 11.2. The van der Waals surface area contributed by atoms with Gasteiger partial charge in [0.05, 0.1) is 5.69 Å². The molecule has 0 spiro atoms. The van der Waals surface area contributed by atoms with E-state index in [9.17, 15) is 4.79 Å². The number of anilines is 1. The van der Waals surface area contributed by atoms with Crippen molar-refractivity contribution >= 4 is 11.6 Å². The van der Waals surface area contributed by atoms with Crippen LogP contribution in [0.1, 0.15) is 38.2 Å². The summed E-state index contributed by atoms with van der Waals surface area (Å²) in [6.45, 7) is 5.20. The largest absolute Gasteiger partial charge is 0.482 e. The molecule has 1 aromatic rings. The van der Waals surface area contributed by atoms with Gasteiger partial charge in [-0.25, -0.2) is 0 Å². The van der Waals surface area contributed by atoms with Gasteiger partial charge < -0.3 is 9.64 Å². The molecule has 1 aliphatic rings. The van der Waals surface area contributed by atoms with Crippen LogP contribution in [0.5, 0.6) is 5.75 Å². The molecule has 0 aromatic heterocycles. The van der Waals surface area contributed by atoms with Crippen molar-refractivity contribution in [2.75, 3.05) is 18.1 Å². The van der Waals surface area contributed by atoms with E-state index in [1.54, 1.807) is 0 Å². The number of carbonyl (C=O) groups excluding carboxylic acids is 1. The van der Waals surface area contributed by atoms with Crippen LogP contribution in [0, 0.1) is 6.92 Å². The Morgan fingerprint density at radius 2 is 2.11 bits per heavy atom. The maximum Gasteiger partial charge on any atom is 0.265 e. The summed E-state index contributed by atoms with van der Waals surface area (Å²) >= 11 is 0. The van der Waals surface area contributed by atoms with Crippen LogP contribution in [0.25, 0.3) is 0 Å². The SMILES string of the molecule is CCCCCCN1C(=O)COc2ccc(C)cc21. The molecule has 0 N–H and O–H groups in total. The summed E-state index contributed by atoms with van der Waals surface area (Å²) in [5, 5.41) is 0. The standard InChI is InChI=1S/C15H21NO2/c1-3-4-5-6-9-16-13-10-12(2)7-8-14(13)18-11-15(16)17/h7-8,10H,3-6,9,11H2,1-2H3. The van der Waals surface area contributed by atoms with Crippen molar-refractivity contribution in [1.82, 2.24) is 0 Å². The molecule has 1 aromatic carbocycles. The molecule has 0 bridgehead atoms. The molecule has 0 saturated heterocycles. The number of hydrogen-bond donors (Lipinski definition) is 0. The van der Waals surface area contributed by atoms with Crippen LogP contribution < -0.4 is 9.64 Å². The van der Waals surface area contributed by atoms with Crippen LogP contribution in [-0.2, 0) is 4.79 Å². The second-order valence-corrected chi connectivity index (χ2v) is 4.87. The van der Waals surface area contributed by atoms with E-state index in [0.29, 0.717) is 0 Å². The molecule has 18 heavy (non-hydrogen) atoms. The van der Waals surface area contributed by atoms with Crippen molar-refractivity contribution in [1.29, 1.82) is 0 Å². The number of ether oxygens (including phenoxy) is 1. The maximum atomic E-state index is 11.9. The molecule has 0 saturated carbocycles. The third-order valence-electron chi connectivity index (χ3n) is 3.29. The lowest BCUT2D eigenvalue weighted by Gasteiger charge is -2.29. The number of fused-ring (bicyclic) bond motifs is 1. The van der Waals surface area contributed by atoms with E-state index in [0.717, 1.165) is 30.0 Å². The van der Waals surface area contributed by atoms with Gasteiger partial charge in [0.15, 0.2) is 6.61 Å². The van der Waals surface area contributed by atoms with Crippen molar-refractivity contribution in [2.24, 2.45) is 0 Å². The van der Waals surface area contributed by atoms with Crippen molar-refractivity contribution in [3.63, 3.8) is 0 Å². The number of benzene rings is 1. The van der Waals surface area contributed by atoms with Crippen molar-refractivity contribution in [3.8, 4) is 5.75 Å². The highest BCUT2D eigenvalue weighted by Crippen LogP contribution is 2.32. The van der Waals surface area contributed by atoms with Crippen LogP contribution in [0.2, 0.25) is 0 Å². The molecule has 1 amide bonds. The summed E-state index contributed by atoms with van der Waals surface area (Å²) in [6.07, 6.45) is 4.70. The van der Waals surface area contributed by atoms with E-state index in [2.05, 4.69) is 6.92 Å². The van der Waals surface area contributed by atoms with E-state index in [-0.39, 0.29) is 12.5 Å². The van der Waals surface area contributed by atoms with Crippen LogP contribution in [0.4, 0.5) is 5.69 Å². The Kier molecular flexibility index (Phi) is 4.24. The van der Waals surface area contributed by atoms with Crippen molar-refractivity contribution in [2.45, 2.75) is 39.5 Å². The predicted octanol–water partition coefficient (Wildman–Crippen LogP) is 3.30. The van der Waals surface area contributed by atoms with Crippen LogP contribution in [-0.4, -0.2) is 19.1 Å². The van der Waals surface area contributed by atoms with Crippen LogP contribution >= 0.6 is 0 Å². The Morgan fingerprint density at radius 1 is 1.28 bits per heavy atom. The minimum absolute atomic E-state index is 0.0737. The Morgan fingerprint density at radius 3 is 2.89 bits per heavy atom. The Hall–Kier alpha value is -1.51. The summed E-state index contributed by atoms with van der Waals surface area (Å²) in [6, 6.07) is 6.01. The van der Waals surface area contributed by atoms with E-state index >= 15 is 0 Å². The molecule has 0 atom stereocenters. The number of hydrogen-bond acceptors (Lipinski definition) is 2. The number of carbonyl (C=O) groups is 1. The first-order valence-electron chi connectivity index (χ1n) is 6.76. The summed E-state index contributed by atoms with van der Waals surface area (Å²) in [5.74, 6) is 0.903. The summed E-state index contributed by atoms with van der Waals surface area (Å²) < 4.78 is 5.46. The molecule has 3 nitrogen and oxygen atoms in total. The first-order valence-corrected chi connectivity index (χ1v) is 6.76. The quantitative estimate of drug-likeness (QED) is 0.747. The molecule has 0 fully saturated rings. The smallest absolute Gasteiger partial charge is 0.265 e. The van der Waals surface area contributed by atoms with Crippen LogP contribution in [0.15, 0.2) is 18.2 Å². The summed E-state index contributed by atoms with van der Waals surface area (Å²) in [4.78, 5) is 13.8. The van der Waals surface area contributed by atoms with Gasteiger partial charge in [-0.1, -0.05) is 32.3 Å². The highest BCUT2D eigenvalue weighted by Gasteiger charge is 2.24. The topological polar surface area (TPSA) is 29.5 Å². The highest BCUT2D eigenvalue weighted by atomic mass is 16.5. The zero-order valence-electron chi connectivity index (χ0n) is 11.2. The van der Waals surface area contributed by atoms with Crippen molar-refractivity contribution < 1.29 is 9.53 Å². The first-order chi connectivity index (χ1) is 8.72. The average Bonchev–Trinajstić information content (AvgIpc) is 2.36. The Bertz CT molecular complexity index is 429. The highest BCUT2D eigenvalue weighted by molar-refractivity contribution is 5.97. The second-order valence-electron chi connectivity index (χ2n) is 4.87. The fraction of sp³-hybridized carbons (Fsp3) is 0.533. The third-order valence-corrected chi connectivity index (χ3v) is 3.29. The number of aryl methyl sites for hydroxylation is 1. The normalized spacial score (nSPS) is 14.3. The molecular weight excluding hydrogens is 226 g/mol. The van der Waals surface area contributed by atoms with Crippen molar-refractivity contribution in [3.05, 3.63) is 23.8 Å². The molecule has 0 unspecified atom stereocenters. The predicted molar refractivity (Wildman–Crippen MR) is 73.2 cm³/mol.